The topological polar surface area (TPSA) is 88.0 Å². The number of ether oxygens (including phenoxy) is 2. The molecule has 2 heterocycles. The fraction of sp³-hybridized carbons (Fsp3) is 0.150. The zero-order valence-corrected chi connectivity index (χ0v) is 16.3. The Morgan fingerprint density at radius 1 is 1.30 bits per heavy atom. The van der Waals surface area contributed by atoms with Gasteiger partial charge in [0.25, 0.3) is 5.56 Å². The number of nitriles is 1. The zero-order chi connectivity index (χ0) is 19.4. The van der Waals surface area contributed by atoms with Gasteiger partial charge in [-0.3, -0.25) is 9.78 Å². The van der Waals surface area contributed by atoms with Crippen molar-refractivity contribution in [1.82, 2.24) is 9.97 Å². The first-order chi connectivity index (χ1) is 13.0. The lowest BCUT2D eigenvalue weighted by atomic mass is 10.0. The number of aryl methyl sites for hydroxylation is 1. The molecule has 0 spiro atoms. The number of aromatic amines is 1. The Balaban J connectivity index is 2.03. The van der Waals surface area contributed by atoms with E-state index in [1.54, 1.807) is 31.3 Å². The number of benzene rings is 1. The van der Waals surface area contributed by atoms with Gasteiger partial charge in [-0.2, -0.15) is 5.26 Å². The average Bonchev–Trinajstić information content (AvgIpc) is 2.66. The van der Waals surface area contributed by atoms with E-state index in [1.165, 1.54) is 7.11 Å². The molecular formula is C20H16BrN3O3. The second kappa shape index (κ2) is 8.06. The van der Waals surface area contributed by atoms with Gasteiger partial charge in [0, 0.05) is 17.5 Å². The third kappa shape index (κ3) is 4.01. The van der Waals surface area contributed by atoms with Gasteiger partial charge < -0.3 is 14.5 Å². The Hall–Kier alpha value is -3.11. The summed E-state index contributed by atoms with van der Waals surface area (Å²) in [6.45, 7) is 2.05. The maximum absolute atomic E-state index is 12.1. The average molecular weight is 426 g/mol. The highest BCUT2D eigenvalue weighted by Crippen LogP contribution is 2.40. The number of rotatable bonds is 5. The molecule has 0 bridgehead atoms. The van der Waals surface area contributed by atoms with Crippen LogP contribution in [-0.2, 0) is 6.61 Å². The number of halogens is 1. The molecular weight excluding hydrogens is 410 g/mol. The number of hydrogen-bond donors (Lipinski definition) is 1. The number of pyridine rings is 2. The van der Waals surface area contributed by atoms with E-state index < -0.39 is 5.56 Å². The molecule has 0 saturated carbocycles. The van der Waals surface area contributed by atoms with Gasteiger partial charge >= 0.3 is 0 Å². The molecule has 1 N–H and O–H groups in total. The number of nitrogens with one attached hydrogen (secondary N) is 1. The SMILES string of the molecule is COc1cc(-c2cc(C)[nH]c(=O)c2C#N)cc(Br)c1OCc1ccccn1. The van der Waals surface area contributed by atoms with E-state index in [0.717, 1.165) is 5.69 Å². The maximum atomic E-state index is 12.1. The first-order valence-corrected chi connectivity index (χ1v) is 8.87. The van der Waals surface area contributed by atoms with E-state index in [4.69, 9.17) is 9.47 Å². The highest BCUT2D eigenvalue weighted by atomic mass is 79.9. The molecule has 3 aromatic rings. The summed E-state index contributed by atoms with van der Waals surface area (Å²) in [5.41, 5.74) is 2.30. The molecule has 1 aromatic carbocycles. The normalized spacial score (nSPS) is 10.3. The summed E-state index contributed by atoms with van der Waals surface area (Å²) in [6, 6.07) is 12.9. The molecule has 7 heteroatoms. The van der Waals surface area contributed by atoms with Crippen molar-refractivity contribution in [3.05, 3.63) is 74.4 Å². The van der Waals surface area contributed by atoms with Crippen LogP contribution in [0.3, 0.4) is 0 Å². The van der Waals surface area contributed by atoms with Crippen molar-refractivity contribution in [1.29, 1.82) is 5.26 Å². The highest BCUT2D eigenvalue weighted by molar-refractivity contribution is 9.10. The molecule has 0 atom stereocenters. The van der Waals surface area contributed by atoms with E-state index in [0.29, 0.717) is 32.8 Å². The van der Waals surface area contributed by atoms with Crippen LogP contribution in [0.5, 0.6) is 11.5 Å². The summed E-state index contributed by atoms with van der Waals surface area (Å²) in [6.07, 6.45) is 1.70. The first-order valence-electron chi connectivity index (χ1n) is 8.08. The van der Waals surface area contributed by atoms with Gasteiger partial charge in [-0.15, -0.1) is 0 Å². The van der Waals surface area contributed by atoms with Gasteiger partial charge in [-0.05, 0) is 58.7 Å². The van der Waals surface area contributed by atoms with Gasteiger partial charge in [-0.1, -0.05) is 6.07 Å². The molecule has 0 radical (unpaired) electrons. The van der Waals surface area contributed by atoms with Gasteiger partial charge in [0.05, 0.1) is 17.3 Å². The molecule has 0 saturated heterocycles. The van der Waals surface area contributed by atoms with E-state index in [-0.39, 0.29) is 12.2 Å². The summed E-state index contributed by atoms with van der Waals surface area (Å²) in [4.78, 5) is 18.9. The van der Waals surface area contributed by atoms with Crippen molar-refractivity contribution in [2.24, 2.45) is 0 Å². The van der Waals surface area contributed by atoms with Crippen LogP contribution in [0, 0.1) is 18.3 Å². The Bertz CT molecular complexity index is 1070. The van der Waals surface area contributed by atoms with Crippen molar-refractivity contribution in [2.45, 2.75) is 13.5 Å². The lowest BCUT2D eigenvalue weighted by Crippen LogP contribution is -2.12. The summed E-state index contributed by atoms with van der Waals surface area (Å²) in [5.74, 6) is 1.00. The molecule has 0 unspecified atom stereocenters. The first kappa shape index (κ1) is 18.7. The van der Waals surface area contributed by atoms with E-state index in [2.05, 4.69) is 25.9 Å². The van der Waals surface area contributed by atoms with E-state index in [1.807, 2.05) is 24.3 Å². The van der Waals surface area contributed by atoms with Gasteiger partial charge in [-0.25, -0.2) is 0 Å². The molecule has 0 amide bonds. The van der Waals surface area contributed by atoms with E-state index >= 15 is 0 Å². The van der Waals surface area contributed by atoms with Gasteiger partial charge in [0.2, 0.25) is 0 Å². The maximum Gasteiger partial charge on any atom is 0.266 e. The lowest BCUT2D eigenvalue weighted by Gasteiger charge is -2.15. The summed E-state index contributed by atoms with van der Waals surface area (Å²) in [7, 11) is 1.54. The van der Waals surface area contributed by atoms with Crippen molar-refractivity contribution in [3.8, 4) is 28.7 Å². The smallest absolute Gasteiger partial charge is 0.266 e. The van der Waals surface area contributed by atoms with Gasteiger partial charge in [0.1, 0.15) is 18.2 Å². The second-order valence-electron chi connectivity index (χ2n) is 5.78. The van der Waals surface area contributed by atoms with Crippen LogP contribution in [0.25, 0.3) is 11.1 Å². The number of aromatic nitrogens is 2. The number of methoxy groups -OCH3 is 1. The molecule has 0 fully saturated rings. The minimum Gasteiger partial charge on any atom is -0.493 e. The molecule has 0 aliphatic carbocycles. The van der Waals surface area contributed by atoms with Crippen LogP contribution in [0.1, 0.15) is 17.0 Å². The van der Waals surface area contributed by atoms with Crippen molar-refractivity contribution >= 4 is 15.9 Å². The minimum absolute atomic E-state index is 0.0525. The monoisotopic (exact) mass is 425 g/mol. The Morgan fingerprint density at radius 2 is 2.11 bits per heavy atom. The van der Waals surface area contributed by atoms with Crippen LogP contribution >= 0.6 is 15.9 Å². The van der Waals surface area contributed by atoms with Crippen LogP contribution in [0.2, 0.25) is 0 Å². The summed E-state index contributed by atoms with van der Waals surface area (Å²) < 4.78 is 12.0. The quantitative estimate of drug-likeness (QED) is 0.667. The van der Waals surface area contributed by atoms with Crippen molar-refractivity contribution in [3.63, 3.8) is 0 Å². The van der Waals surface area contributed by atoms with Crippen LogP contribution in [-0.4, -0.2) is 17.1 Å². The number of hydrogen-bond acceptors (Lipinski definition) is 5. The number of H-pyrrole nitrogens is 1. The summed E-state index contributed by atoms with van der Waals surface area (Å²) >= 11 is 3.50. The number of nitrogens with zero attached hydrogens (tertiary/aromatic N) is 2. The zero-order valence-electron chi connectivity index (χ0n) is 14.7. The summed E-state index contributed by atoms with van der Waals surface area (Å²) in [5, 5.41) is 9.37. The lowest BCUT2D eigenvalue weighted by molar-refractivity contribution is 0.279. The highest BCUT2D eigenvalue weighted by Gasteiger charge is 2.17. The Morgan fingerprint density at radius 3 is 2.78 bits per heavy atom. The molecule has 2 aromatic heterocycles. The third-order valence-electron chi connectivity index (χ3n) is 3.91. The fourth-order valence-electron chi connectivity index (χ4n) is 2.67. The standard InChI is InChI=1S/C20H16BrN3O3/c1-12-7-15(16(10-22)20(25)24-12)13-8-17(21)19(18(9-13)26-2)27-11-14-5-3-4-6-23-14/h3-9H,11H2,1-2H3,(H,24,25). The third-order valence-corrected chi connectivity index (χ3v) is 4.50. The minimum atomic E-state index is -0.418. The predicted molar refractivity (Wildman–Crippen MR) is 105 cm³/mol. The largest absolute Gasteiger partial charge is 0.493 e. The fourth-order valence-corrected chi connectivity index (χ4v) is 3.23. The Labute approximate surface area is 164 Å². The predicted octanol–water partition coefficient (Wildman–Crippen LogP) is 3.97. The van der Waals surface area contributed by atoms with Gasteiger partial charge in [0.15, 0.2) is 11.5 Å². The van der Waals surface area contributed by atoms with Crippen molar-refractivity contribution in [2.75, 3.05) is 7.11 Å². The van der Waals surface area contributed by atoms with Crippen molar-refractivity contribution < 1.29 is 9.47 Å². The van der Waals surface area contributed by atoms with Crippen LogP contribution in [0.15, 0.2) is 51.9 Å². The molecule has 6 nitrogen and oxygen atoms in total. The molecule has 136 valence electrons. The molecule has 0 aliphatic heterocycles. The van der Waals surface area contributed by atoms with Crippen LogP contribution < -0.4 is 15.0 Å². The second-order valence-corrected chi connectivity index (χ2v) is 6.64. The van der Waals surface area contributed by atoms with Crippen LogP contribution in [0.4, 0.5) is 0 Å². The Kier molecular flexibility index (Phi) is 5.57. The molecule has 27 heavy (non-hydrogen) atoms. The van der Waals surface area contributed by atoms with E-state index in [9.17, 15) is 10.1 Å². The molecule has 0 aliphatic rings. The molecule has 3 rings (SSSR count).